The zero-order chi connectivity index (χ0) is 14.7. The minimum absolute atomic E-state index is 0.152. The maximum absolute atomic E-state index is 11.1. The lowest BCUT2D eigenvalue weighted by atomic mass is 10.1. The molecule has 1 aromatic heterocycles. The van der Waals surface area contributed by atoms with Gasteiger partial charge in [-0.1, -0.05) is 12.1 Å². The van der Waals surface area contributed by atoms with E-state index in [9.17, 15) is 10.1 Å². The lowest BCUT2D eigenvalue weighted by Crippen LogP contribution is -2.07. The highest BCUT2D eigenvalue weighted by atomic mass is 127. The summed E-state index contributed by atoms with van der Waals surface area (Å²) in [4.78, 5) is 15.0. The van der Waals surface area contributed by atoms with Crippen LogP contribution in [0.15, 0.2) is 30.5 Å². The van der Waals surface area contributed by atoms with Gasteiger partial charge in [-0.05, 0) is 48.6 Å². The van der Waals surface area contributed by atoms with Crippen LogP contribution in [0.4, 0.5) is 11.4 Å². The number of para-hydroxylation sites is 1. The third kappa shape index (κ3) is 3.06. The minimum Gasteiger partial charge on any atom is -0.379 e. The molecule has 2 rings (SSSR count). The third-order valence-electron chi connectivity index (χ3n) is 3.08. The van der Waals surface area contributed by atoms with Crippen LogP contribution < -0.4 is 5.32 Å². The number of anilines is 1. The number of nitro groups is 1. The zero-order valence-corrected chi connectivity index (χ0v) is 13.3. The summed E-state index contributed by atoms with van der Waals surface area (Å²) in [6.45, 7) is 3.91. The molecule has 6 heteroatoms. The molecule has 0 radical (unpaired) electrons. The van der Waals surface area contributed by atoms with Crippen LogP contribution in [0.3, 0.4) is 0 Å². The van der Waals surface area contributed by atoms with Gasteiger partial charge in [-0.2, -0.15) is 0 Å². The van der Waals surface area contributed by atoms with Gasteiger partial charge in [-0.25, -0.2) is 0 Å². The fourth-order valence-corrected chi connectivity index (χ4v) is 2.59. The molecule has 0 spiro atoms. The standard InChI is InChI=1S/C14H14IN3O2/c1-9-7-16-13(10(2)14(9)18(19)20)8-17-12-6-4-3-5-11(12)15/h3-7,17H,8H2,1-2H3. The van der Waals surface area contributed by atoms with E-state index >= 15 is 0 Å². The maximum Gasteiger partial charge on any atom is 0.278 e. The molecule has 1 heterocycles. The monoisotopic (exact) mass is 383 g/mol. The van der Waals surface area contributed by atoms with Gasteiger partial charge in [0.2, 0.25) is 0 Å². The second-order valence-electron chi connectivity index (χ2n) is 4.45. The number of aromatic nitrogens is 1. The van der Waals surface area contributed by atoms with E-state index in [4.69, 9.17) is 0 Å². The van der Waals surface area contributed by atoms with Crippen LogP contribution in [-0.2, 0) is 6.54 Å². The van der Waals surface area contributed by atoms with Crippen LogP contribution in [0.2, 0.25) is 0 Å². The molecule has 0 amide bonds. The number of hydrogen-bond donors (Lipinski definition) is 1. The molecule has 0 fully saturated rings. The van der Waals surface area contributed by atoms with Crippen LogP contribution in [0.1, 0.15) is 16.8 Å². The van der Waals surface area contributed by atoms with Crippen molar-refractivity contribution in [2.24, 2.45) is 0 Å². The Bertz CT molecular complexity index is 659. The fourth-order valence-electron chi connectivity index (χ4n) is 2.01. The Balaban J connectivity index is 2.25. The van der Waals surface area contributed by atoms with E-state index in [1.165, 1.54) is 0 Å². The summed E-state index contributed by atoms with van der Waals surface area (Å²) in [6, 6.07) is 7.88. The number of aryl methyl sites for hydroxylation is 1. The molecule has 1 N–H and O–H groups in total. The molecule has 104 valence electrons. The summed E-state index contributed by atoms with van der Waals surface area (Å²) >= 11 is 2.24. The number of nitrogens with zero attached hydrogens (tertiary/aromatic N) is 2. The van der Waals surface area contributed by atoms with E-state index in [1.807, 2.05) is 24.3 Å². The topological polar surface area (TPSA) is 68.1 Å². The SMILES string of the molecule is Cc1cnc(CNc2ccccc2I)c(C)c1[N+](=O)[O-]. The summed E-state index contributed by atoms with van der Waals surface area (Å²) in [5.41, 5.74) is 3.05. The molecule has 0 bridgehead atoms. The van der Waals surface area contributed by atoms with Crippen LogP contribution in [-0.4, -0.2) is 9.91 Å². The lowest BCUT2D eigenvalue weighted by Gasteiger charge is -2.10. The number of benzene rings is 1. The fraction of sp³-hybridized carbons (Fsp3) is 0.214. The third-order valence-corrected chi connectivity index (χ3v) is 4.02. The highest BCUT2D eigenvalue weighted by Gasteiger charge is 2.18. The molecule has 5 nitrogen and oxygen atoms in total. The van der Waals surface area contributed by atoms with Crippen molar-refractivity contribution in [1.82, 2.24) is 4.98 Å². The lowest BCUT2D eigenvalue weighted by molar-refractivity contribution is -0.386. The quantitative estimate of drug-likeness (QED) is 0.495. The van der Waals surface area contributed by atoms with Crippen LogP contribution in [0.5, 0.6) is 0 Å². The Hall–Kier alpha value is -1.70. The highest BCUT2D eigenvalue weighted by molar-refractivity contribution is 14.1. The first-order chi connectivity index (χ1) is 9.50. The van der Waals surface area contributed by atoms with Crippen molar-refractivity contribution in [3.8, 4) is 0 Å². The molecule has 20 heavy (non-hydrogen) atoms. The van der Waals surface area contributed by atoms with Crippen LogP contribution >= 0.6 is 22.6 Å². The molecule has 0 saturated carbocycles. The van der Waals surface area contributed by atoms with Gasteiger partial charge >= 0.3 is 0 Å². The molecular weight excluding hydrogens is 369 g/mol. The largest absolute Gasteiger partial charge is 0.379 e. The first-order valence-corrected chi connectivity index (χ1v) is 7.16. The Labute approximate surface area is 130 Å². The smallest absolute Gasteiger partial charge is 0.278 e. The first-order valence-electron chi connectivity index (χ1n) is 6.08. The van der Waals surface area contributed by atoms with E-state index < -0.39 is 0 Å². The number of hydrogen-bond acceptors (Lipinski definition) is 4. The molecule has 0 atom stereocenters. The summed E-state index contributed by atoms with van der Waals surface area (Å²) < 4.78 is 1.10. The number of rotatable bonds is 4. The van der Waals surface area contributed by atoms with E-state index in [0.29, 0.717) is 23.4 Å². The molecule has 0 aliphatic rings. The summed E-state index contributed by atoms with van der Waals surface area (Å²) in [5.74, 6) is 0. The Morgan fingerprint density at radius 1 is 1.35 bits per heavy atom. The van der Waals surface area contributed by atoms with E-state index in [1.54, 1.807) is 20.0 Å². The Morgan fingerprint density at radius 2 is 2.05 bits per heavy atom. The van der Waals surface area contributed by atoms with Crippen molar-refractivity contribution in [3.05, 3.63) is 61.0 Å². The highest BCUT2D eigenvalue weighted by Crippen LogP contribution is 2.25. The van der Waals surface area contributed by atoms with Crippen molar-refractivity contribution in [2.45, 2.75) is 20.4 Å². The molecule has 1 aromatic carbocycles. The van der Waals surface area contributed by atoms with Gasteiger partial charge in [0.1, 0.15) is 0 Å². The zero-order valence-electron chi connectivity index (χ0n) is 11.2. The van der Waals surface area contributed by atoms with Gasteiger partial charge in [0, 0.05) is 21.0 Å². The molecule has 2 aromatic rings. The predicted molar refractivity (Wildman–Crippen MR) is 86.9 cm³/mol. The minimum atomic E-state index is -0.345. The van der Waals surface area contributed by atoms with E-state index in [2.05, 4.69) is 32.9 Å². The molecular formula is C14H14IN3O2. The van der Waals surface area contributed by atoms with Gasteiger partial charge in [0.05, 0.1) is 22.7 Å². The summed E-state index contributed by atoms with van der Waals surface area (Å²) in [7, 11) is 0. The van der Waals surface area contributed by atoms with Crippen molar-refractivity contribution in [1.29, 1.82) is 0 Å². The van der Waals surface area contributed by atoms with Gasteiger partial charge in [0.25, 0.3) is 5.69 Å². The van der Waals surface area contributed by atoms with Crippen LogP contribution in [0, 0.1) is 27.5 Å². The normalized spacial score (nSPS) is 10.3. The molecule has 0 aliphatic carbocycles. The Morgan fingerprint density at radius 3 is 2.70 bits per heavy atom. The van der Waals surface area contributed by atoms with Gasteiger partial charge in [-0.3, -0.25) is 15.1 Å². The van der Waals surface area contributed by atoms with Crippen molar-refractivity contribution < 1.29 is 4.92 Å². The molecule has 0 unspecified atom stereocenters. The molecule has 0 saturated heterocycles. The van der Waals surface area contributed by atoms with Gasteiger partial charge in [-0.15, -0.1) is 0 Å². The van der Waals surface area contributed by atoms with Crippen molar-refractivity contribution in [3.63, 3.8) is 0 Å². The Kier molecular flexibility index (Phi) is 4.53. The van der Waals surface area contributed by atoms with Crippen LogP contribution in [0.25, 0.3) is 0 Å². The summed E-state index contributed by atoms with van der Waals surface area (Å²) in [5, 5.41) is 14.3. The average Bonchev–Trinajstić information content (AvgIpc) is 2.39. The maximum atomic E-state index is 11.1. The van der Waals surface area contributed by atoms with Crippen molar-refractivity contribution in [2.75, 3.05) is 5.32 Å². The first kappa shape index (κ1) is 14.7. The van der Waals surface area contributed by atoms with E-state index in [-0.39, 0.29) is 10.6 Å². The number of pyridine rings is 1. The second-order valence-corrected chi connectivity index (χ2v) is 5.61. The predicted octanol–water partition coefficient (Wildman–Crippen LogP) is 3.82. The number of halogens is 1. The average molecular weight is 383 g/mol. The number of nitrogens with one attached hydrogen (secondary N) is 1. The van der Waals surface area contributed by atoms with Gasteiger partial charge < -0.3 is 5.32 Å². The van der Waals surface area contributed by atoms with Crippen molar-refractivity contribution >= 4 is 34.0 Å². The summed E-state index contributed by atoms with van der Waals surface area (Å²) in [6.07, 6.45) is 1.55. The van der Waals surface area contributed by atoms with Gasteiger partial charge in [0.15, 0.2) is 0 Å². The van der Waals surface area contributed by atoms with E-state index in [0.717, 1.165) is 9.26 Å². The molecule has 0 aliphatic heterocycles. The second kappa shape index (κ2) is 6.17.